The second-order valence-electron chi connectivity index (χ2n) is 21.0. The molecule has 2 unspecified atom stereocenters. The second-order valence-corrected chi connectivity index (χ2v) is 21.0. The number of rotatable bonds is 10. The molecule has 3 fully saturated rings. The number of esters is 1. The summed E-state index contributed by atoms with van der Waals surface area (Å²) in [6, 6.07) is 0. The molecule has 0 spiro atoms. The van der Waals surface area contributed by atoms with Crippen molar-refractivity contribution in [3.63, 3.8) is 0 Å². The van der Waals surface area contributed by atoms with E-state index >= 15 is 0 Å². The minimum absolute atomic E-state index is 0.0127. The van der Waals surface area contributed by atoms with Crippen LogP contribution in [0.1, 0.15) is 132 Å². The maximum absolute atomic E-state index is 14.3. The van der Waals surface area contributed by atoms with Gasteiger partial charge in [0.05, 0.1) is 36.9 Å². The monoisotopic (exact) mass is 984 g/mol. The van der Waals surface area contributed by atoms with Crippen molar-refractivity contribution >= 4 is 35.0 Å². The molecule has 0 aromatic rings. The fourth-order valence-electron chi connectivity index (χ4n) is 10.6. The first-order valence-electron chi connectivity index (χ1n) is 25.7. The quantitative estimate of drug-likeness (QED) is 0.128. The van der Waals surface area contributed by atoms with Gasteiger partial charge in [-0.1, -0.05) is 71.1 Å². The molecule has 4 aliphatic rings. The van der Waals surface area contributed by atoms with Crippen molar-refractivity contribution in [2.24, 2.45) is 41.4 Å². The third-order valence-electron chi connectivity index (χ3n) is 15.2. The number of amides is 1. The van der Waals surface area contributed by atoms with Crippen molar-refractivity contribution < 1.29 is 67.4 Å². The van der Waals surface area contributed by atoms with Gasteiger partial charge >= 0.3 is 5.97 Å². The van der Waals surface area contributed by atoms with Gasteiger partial charge in [-0.2, -0.15) is 0 Å². The van der Waals surface area contributed by atoms with Crippen LogP contribution in [0.2, 0.25) is 0 Å². The second kappa shape index (κ2) is 27.9. The number of cyclic esters (lactones) is 1. The van der Waals surface area contributed by atoms with E-state index in [1.807, 2.05) is 58.1 Å². The summed E-state index contributed by atoms with van der Waals surface area (Å²) in [6.07, 6.45) is 12.1. The Kier molecular flexibility index (Phi) is 23.5. The van der Waals surface area contributed by atoms with Gasteiger partial charge in [0.15, 0.2) is 5.78 Å². The summed E-state index contributed by atoms with van der Waals surface area (Å²) in [5.41, 5.74) is 1.28. The Morgan fingerprint density at radius 3 is 2.29 bits per heavy atom. The highest BCUT2D eigenvalue weighted by molar-refractivity contribution is 6.38. The molecule has 3 heterocycles. The largest absolute Gasteiger partial charge is 0.461 e. The number of hydrogen-bond donors (Lipinski definition) is 2. The Morgan fingerprint density at radius 2 is 1.61 bits per heavy atom. The highest BCUT2D eigenvalue weighted by Gasteiger charge is 2.52. The third kappa shape index (κ3) is 16.4. The van der Waals surface area contributed by atoms with E-state index in [1.54, 1.807) is 41.1 Å². The van der Waals surface area contributed by atoms with Crippen molar-refractivity contribution in [2.75, 3.05) is 41.0 Å². The van der Waals surface area contributed by atoms with Gasteiger partial charge in [0, 0.05) is 71.4 Å². The van der Waals surface area contributed by atoms with Crippen LogP contribution in [-0.2, 0) is 57.2 Å². The standard InChI is InChI=1S/C55H85NO14/c1-33-16-13-12-14-17-34(2)46(65-9)30-43-21-19-39(7)55(64,70-43)52(61)53(62)56-24-15-18-42(32-56)54(63)69-47(36(4)28-41-20-22-45(48(29-41)66-10)68-25-23-40(8)57)31-44(58)35(3)27-38(6)50(60)51(67-11)49(59)37(5)26-33/h12-14,16-17,27,33,35-37,39,41-43,45-48,50-51,60,64H,15,18-26,28-32H2,1-11H3/b14-12+,16-13+,34-17+,38-27+/t33-,35-,36?,37-,39-,41+,42?,43+,45-,46+,47+,48-,50+,51+,55-/m1/s1. The summed E-state index contributed by atoms with van der Waals surface area (Å²) in [6.45, 7) is 14.7. The smallest absolute Gasteiger partial charge is 0.311 e. The number of ether oxygens (including phenoxy) is 6. The Bertz CT molecular complexity index is 1910. The number of ketones is 4. The molecule has 394 valence electrons. The van der Waals surface area contributed by atoms with Crippen LogP contribution in [-0.4, -0.2) is 140 Å². The number of carbonyl (C=O) groups is 6. The molecule has 1 aliphatic carbocycles. The van der Waals surface area contributed by atoms with Crippen molar-refractivity contribution in [3.05, 3.63) is 47.6 Å². The first kappa shape index (κ1) is 58.9. The van der Waals surface area contributed by atoms with Crippen LogP contribution in [0.4, 0.5) is 0 Å². The molecule has 0 aromatic carbocycles. The minimum atomic E-state index is -2.38. The van der Waals surface area contributed by atoms with Crippen LogP contribution < -0.4 is 0 Å². The minimum Gasteiger partial charge on any atom is -0.461 e. The number of Topliss-reactive ketones (excluding diaryl/α,β-unsaturated/α-hetero) is 4. The van der Waals surface area contributed by atoms with Crippen molar-refractivity contribution in [3.8, 4) is 0 Å². The normalized spacial score (nSPS) is 38.3. The first-order valence-corrected chi connectivity index (χ1v) is 25.7. The summed E-state index contributed by atoms with van der Waals surface area (Å²) in [7, 11) is 4.61. The number of nitrogens with zero attached hydrogens (tertiary/aromatic N) is 1. The predicted octanol–water partition coefficient (Wildman–Crippen LogP) is 7.04. The van der Waals surface area contributed by atoms with E-state index in [9.17, 15) is 39.0 Å². The fraction of sp³-hybridized carbons (Fsp3) is 0.745. The molecule has 2 N–H and O–H groups in total. The number of methoxy groups -OCH3 is 3. The summed E-state index contributed by atoms with van der Waals surface area (Å²) in [5.74, 6) is -8.18. The number of aliphatic hydroxyl groups is 2. The van der Waals surface area contributed by atoms with E-state index < -0.39 is 77.6 Å². The van der Waals surface area contributed by atoms with Gasteiger partial charge in [0.25, 0.3) is 11.7 Å². The Morgan fingerprint density at radius 1 is 0.886 bits per heavy atom. The molecule has 4 bridgehead atoms. The fourth-order valence-corrected chi connectivity index (χ4v) is 10.6. The lowest BCUT2D eigenvalue weighted by Gasteiger charge is -2.42. The van der Waals surface area contributed by atoms with Gasteiger partial charge in [0.2, 0.25) is 5.79 Å². The molecule has 15 nitrogen and oxygen atoms in total. The van der Waals surface area contributed by atoms with Gasteiger partial charge in [-0.25, -0.2) is 0 Å². The summed E-state index contributed by atoms with van der Waals surface area (Å²) in [5, 5.41) is 23.3. The molecule has 15 atom stereocenters. The van der Waals surface area contributed by atoms with Crippen LogP contribution in [0, 0.1) is 41.4 Å². The van der Waals surface area contributed by atoms with Crippen LogP contribution >= 0.6 is 0 Å². The molecular weight excluding hydrogens is 899 g/mol. The average molecular weight is 984 g/mol. The molecule has 15 heteroatoms. The van der Waals surface area contributed by atoms with E-state index in [-0.39, 0.29) is 66.8 Å². The van der Waals surface area contributed by atoms with E-state index in [0.717, 1.165) is 12.0 Å². The van der Waals surface area contributed by atoms with Crippen molar-refractivity contribution in [1.82, 2.24) is 4.90 Å². The summed E-state index contributed by atoms with van der Waals surface area (Å²) < 4.78 is 35.8. The average Bonchev–Trinajstić information content (AvgIpc) is 3.33. The molecule has 70 heavy (non-hydrogen) atoms. The molecule has 1 amide bonds. The van der Waals surface area contributed by atoms with Crippen LogP contribution in [0.3, 0.4) is 0 Å². The number of hydrogen-bond acceptors (Lipinski definition) is 14. The Hall–Kier alpha value is -3.70. The molecule has 1 saturated carbocycles. The van der Waals surface area contributed by atoms with E-state index in [4.69, 9.17) is 28.4 Å². The molecular formula is C55H85NO14. The third-order valence-corrected chi connectivity index (χ3v) is 15.2. The zero-order valence-electron chi connectivity index (χ0n) is 43.9. The molecule has 4 rings (SSSR count). The van der Waals surface area contributed by atoms with Crippen molar-refractivity contribution in [2.45, 2.75) is 181 Å². The number of aliphatic hydroxyl groups excluding tert-OH is 1. The van der Waals surface area contributed by atoms with Crippen LogP contribution in [0.25, 0.3) is 0 Å². The van der Waals surface area contributed by atoms with Crippen molar-refractivity contribution in [1.29, 1.82) is 0 Å². The van der Waals surface area contributed by atoms with Gasteiger partial charge in [0.1, 0.15) is 29.9 Å². The SMILES string of the molecule is CO[C@H]1C[C@@H]2CC[C@@H](C)[C@@](O)(O2)C(=O)C(=O)N2CCCC(C2)C(=O)O[C@H](C(C)C[C@@H]2CC[C@@H](OCCC(C)=O)[C@H](OC)C2)CC(=O)[C@H](C)/C=C(\C)[C@H](O)[C@@H](OC)C(=O)[C@H](C)C[C@H](C)/C=C/C=C/C=C/1C. The maximum atomic E-state index is 14.3. The molecule has 0 radical (unpaired) electrons. The Labute approximate surface area is 417 Å². The highest BCUT2D eigenvalue weighted by Crippen LogP contribution is 2.38. The number of piperidine rings is 1. The van der Waals surface area contributed by atoms with Gasteiger partial charge < -0.3 is 43.5 Å². The number of allylic oxidation sites excluding steroid dienone is 6. The topological polar surface area (TPSA) is 201 Å². The first-order chi connectivity index (χ1) is 33.1. The summed E-state index contributed by atoms with van der Waals surface area (Å²) in [4.78, 5) is 83.1. The maximum Gasteiger partial charge on any atom is 0.311 e. The lowest BCUT2D eigenvalue weighted by molar-refractivity contribution is -0.265. The van der Waals surface area contributed by atoms with Gasteiger partial charge in [-0.3, -0.25) is 28.8 Å². The lowest BCUT2D eigenvalue weighted by atomic mass is 9.78. The van der Waals surface area contributed by atoms with Gasteiger partial charge in [-0.15, -0.1) is 0 Å². The van der Waals surface area contributed by atoms with E-state index in [0.29, 0.717) is 76.4 Å². The number of carbonyl (C=O) groups excluding carboxylic acids is 6. The highest BCUT2D eigenvalue weighted by atomic mass is 16.6. The molecule has 3 aliphatic heterocycles. The van der Waals surface area contributed by atoms with E-state index in [2.05, 4.69) is 0 Å². The van der Waals surface area contributed by atoms with Crippen LogP contribution in [0.15, 0.2) is 47.6 Å². The predicted molar refractivity (Wildman–Crippen MR) is 264 cm³/mol. The van der Waals surface area contributed by atoms with Gasteiger partial charge in [-0.05, 0) is 107 Å². The zero-order chi connectivity index (χ0) is 51.9. The van der Waals surface area contributed by atoms with E-state index in [1.165, 1.54) is 18.9 Å². The van der Waals surface area contributed by atoms with Crippen LogP contribution in [0.5, 0.6) is 0 Å². The molecule has 2 saturated heterocycles. The zero-order valence-corrected chi connectivity index (χ0v) is 43.9. The Balaban J connectivity index is 1.64. The molecule has 0 aromatic heterocycles. The lowest BCUT2D eigenvalue weighted by Crippen LogP contribution is -2.59. The summed E-state index contributed by atoms with van der Waals surface area (Å²) >= 11 is 0. The number of fused-ring (bicyclic) bond motifs is 4.